The van der Waals surface area contributed by atoms with Crippen molar-refractivity contribution in [2.45, 2.75) is 153 Å². The minimum absolute atomic E-state index is 0. The second-order valence-electron chi connectivity index (χ2n) is 13.9. The summed E-state index contributed by atoms with van der Waals surface area (Å²) < 4.78 is 71.3. The third-order valence-electron chi connectivity index (χ3n) is 10.2. The molecule has 0 saturated carbocycles. The van der Waals surface area contributed by atoms with E-state index in [0.717, 1.165) is 86.5 Å². The Morgan fingerprint density at radius 3 is 1.20 bits per heavy atom. The first kappa shape index (κ1) is 43.7. The predicted octanol–water partition coefficient (Wildman–Crippen LogP) is 10.4. The maximum Gasteiger partial charge on any atom is 2.00 e. The number of unbranched alkanes of at least 4 members (excludes halogenated alkanes) is 8. The summed E-state index contributed by atoms with van der Waals surface area (Å²) in [5, 5.41) is 0. The van der Waals surface area contributed by atoms with E-state index in [4.69, 9.17) is 0 Å². The molecule has 0 spiro atoms. The number of allylic oxidation sites excluding steroid dienone is 2. The van der Waals surface area contributed by atoms with Crippen LogP contribution in [0.15, 0.2) is 59.7 Å². The van der Waals surface area contributed by atoms with Gasteiger partial charge in [0.25, 0.3) is 0 Å². The number of fused-ring (bicyclic) bond motifs is 2. The molecule has 0 aromatic heterocycles. The Morgan fingerprint density at radius 1 is 0.531 bits per heavy atom. The zero-order valence-corrected chi connectivity index (χ0v) is 33.5. The zero-order chi connectivity index (χ0) is 35.3. The van der Waals surface area contributed by atoms with Gasteiger partial charge in [0.15, 0.2) is 0 Å². The van der Waals surface area contributed by atoms with Crippen LogP contribution in [0.25, 0.3) is 12.2 Å². The largest absolute Gasteiger partial charge is 2.00 e. The smallest absolute Gasteiger partial charge is 0.747 e. The van der Waals surface area contributed by atoms with Crippen LogP contribution in [0, 0.1) is 0 Å². The Labute approximate surface area is 314 Å². The molecule has 2 aromatic carbocycles. The maximum absolute atomic E-state index is 12.3. The van der Waals surface area contributed by atoms with E-state index in [0.29, 0.717) is 36.8 Å². The third kappa shape index (κ3) is 11.2. The van der Waals surface area contributed by atoms with E-state index >= 15 is 0 Å². The van der Waals surface area contributed by atoms with Crippen LogP contribution >= 0.6 is 0 Å². The average molecular weight is 723 g/mol. The molecule has 2 aliphatic rings. The summed E-state index contributed by atoms with van der Waals surface area (Å²) in [5.41, 5.74) is 5.44. The van der Waals surface area contributed by atoms with E-state index in [1.807, 2.05) is 62.4 Å². The first-order valence-corrected chi connectivity index (χ1v) is 21.2. The molecule has 49 heavy (non-hydrogen) atoms. The molecule has 0 fully saturated rings. The second-order valence-corrected chi connectivity index (χ2v) is 17.2. The molecular weight excluding hydrogens is 665 g/mol. The quantitative estimate of drug-likeness (QED) is 0.0859. The monoisotopic (exact) mass is 722 g/mol. The summed E-state index contributed by atoms with van der Waals surface area (Å²) in [5.74, 6) is 0. The van der Waals surface area contributed by atoms with Crippen LogP contribution in [-0.4, -0.2) is 49.0 Å². The topological polar surface area (TPSA) is 114 Å². The van der Waals surface area contributed by atoms with Gasteiger partial charge < -0.3 is 9.11 Å². The summed E-state index contributed by atoms with van der Waals surface area (Å²) in [7, 11) is -8.86. The molecule has 6 nitrogen and oxygen atoms in total. The van der Waals surface area contributed by atoms with Crippen molar-refractivity contribution in [2.24, 2.45) is 0 Å². The van der Waals surface area contributed by atoms with Gasteiger partial charge >= 0.3 is 23.1 Å². The van der Waals surface area contributed by atoms with Crippen molar-refractivity contribution in [3.63, 3.8) is 0 Å². The molecule has 9 heteroatoms. The molecule has 0 heterocycles. The Morgan fingerprint density at radius 2 is 0.878 bits per heavy atom. The van der Waals surface area contributed by atoms with Crippen molar-refractivity contribution >= 4 is 55.4 Å². The maximum atomic E-state index is 12.3. The Kier molecular flexibility index (Phi) is 18.3. The van der Waals surface area contributed by atoms with Crippen LogP contribution in [0.4, 0.5) is 0 Å². The van der Waals surface area contributed by atoms with Crippen LogP contribution in [0.3, 0.4) is 0 Å². The number of rotatable bonds is 18. The van der Waals surface area contributed by atoms with Crippen LogP contribution in [0.1, 0.15) is 166 Å². The molecule has 2 atom stereocenters. The summed E-state index contributed by atoms with van der Waals surface area (Å²) in [6.07, 6.45) is 20.0. The van der Waals surface area contributed by atoms with Crippen molar-refractivity contribution < 1.29 is 25.9 Å². The van der Waals surface area contributed by atoms with E-state index in [1.54, 1.807) is 0 Å². The molecule has 0 saturated heterocycles. The van der Waals surface area contributed by atoms with Crippen LogP contribution in [0.5, 0.6) is 0 Å². The van der Waals surface area contributed by atoms with Gasteiger partial charge in [-0.3, -0.25) is 0 Å². The van der Waals surface area contributed by atoms with E-state index in [1.165, 1.54) is 25.7 Å². The molecule has 2 aromatic rings. The van der Waals surface area contributed by atoms with Crippen molar-refractivity contribution in [3.05, 3.63) is 81.9 Å². The Bertz CT molecular complexity index is 1480. The molecule has 0 amide bonds. The average Bonchev–Trinajstić information content (AvgIpc) is 3.05. The molecule has 4 rings (SSSR count). The fourth-order valence-corrected chi connectivity index (χ4v) is 9.91. The van der Waals surface area contributed by atoms with Crippen LogP contribution in [0.2, 0.25) is 0 Å². The molecule has 2 aliphatic carbocycles. The predicted molar refractivity (Wildman–Crippen MR) is 203 cm³/mol. The van der Waals surface area contributed by atoms with Gasteiger partial charge in [0, 0.05) is 0 Å². The van der Waals surface area contributed by atoms with Crippen molar-refractivity contribution in [3.8, 4) is 0 Å². The summed E-state index contributed by atoms with van der Waals surface area (Å²) in [4.78, 5) is 0. The van der Waals surface area contributed by atoms with Crippen molar-refractivity contribution in [2.75, 3.05) is 0 Å². The van der Waals surface area contributed by atoms with Gasteiger partial charge in [0.2, 0.25) is 0 Å². The second kappa shape index (κ2) is 20.5. The van der Waals surface area contributed by atoms with E-state index in [-0.39, 0.29) is 23.1 Å². The zero-order valence-electron chi connectivity index (χ0n) is 30.5. The van der Waals surface area contributed by atoms with Gasteiger partial charge in [-0.25, -0.2) is 16.8 Å². The van der Waals surface area contributed by atoms with E-state index < -0.39 is 29.7 Å². The minimum Gasteiger partial charge on any atom is -0.747 e. The van der Waals surface area contributed by atoms with Gasteiger partial charge in [-0.1, -0.05) is 164 Å². The first-order chi connectivity index (χ1) is 22.9. The Hall–Kier alpha value is -1.49. The van der Waals surface area contributed by atoms with Crippen molar-refractivity contribution in [1.29, 1.82) is 0 Å². The number of hydrogen-bond donors (Lipinski definition) is 0. The van der Waals surface area contributed by atoms with Crippen LogP contribution in [-0.2, 0) is 29.7 Å². The fraction of sp³-hybridized carbons (Fsp3) is 0.600. The van der Waals surface area contributed by atoms with Gasteiger partial charge in [-0.2, -0.15) is 0 Å². The standard InChI is InChI=1S/2C20H30O3S.Mg/c2*1-3-5-7-8-11-17-15-18-12-9-10-13-19(18)20(16-17,14-6-4-2)24(21,22)23;/h2*9-10,12-13,15H,3-8,11,14,16H2,1-2H3,(H,21,22,23);/q;;+2/p-2. The van der Waals surface area contributed by atoms with E-state index in [9.17, 15) is 25.9 Å². The Balaban J connectivity index is 0.000000333. The molecule has 268 valence electrons. The summed E-state index contributed by atoms with van der Waals surface area (Å²) in [6, 6.07) is 15.0. The van der Waals surface area contributed by atoms with E-state index in [2.05, 4.69) is 26.0 Å². The molecule has 0 N–H and O–H groups in total. The molecule has 0 aliphatic heterocycles. The van der Waals surface area contributed by atoms with Gasteiger partial charge in [-0.05, 0) is 73.6 Å². The molecule has 0 radical (unpaired) electrons. The third-order valence-corrected chi connectivity index (χ3v) is 13.2. The summed E-state index contributed by atoms with van der Waals surface area (Å²) in [6.45, 7) is 8.41. The van der Waals surface area contributed by atoms with Gasteiger partial charge in [0.1, 0.15) is 20.2 Å². The van der Waals surface area contributed by atoms with Gasteiger partial charge in [-0.15, -0.1) is 0 Å². The summed E-state index contributed by atoms with van der Waals surface area (Å²) >= 11 is 0. The number of benzene rings is 2. The minimum atomic E-state index is -4.43. The fourth-order valence-electron chi connectivity index (χ4n) is 7.49. The number of hydrogen-bond acceptors (Lipinski definition) is 6. The van der Waals surface area contributed by atoms with Crippen LogP contribution < -0.4 is 0 Å². The normalized spacial score (nSPS) is 20.1. The van der Waals surface area contributed by atoms with Gasteiger partial charge in [0.05, 0.1) is 9.49 Å². The molecule has 0 bridgehead atoms. The molecule has 2 unspecified atom stereocenters. The van der Waals surface area contributed by atoms with Crippen molar-refractivity contribution in [1.82, 2.24) is 0 Å². The SMILES string of the molecule is CCCCCCC1=Cc2ccccc2C(CCCC)(S(=O)(=O)[O-])C1.CCCCCCC1=Cc2ccccc2C(CCCC)(S(=O)(=O)[O-])C1.[Mg+2]. The first-order valence-electron chi connectivity index (χ1n) is 18.4. The molecular formula is C40H58MgO6S2.